The van der Waals surface area contributed by atoms with E-state index in [0.717, 1.165) is 17.7 Å². The largest absolute Gasteiger partial charge is 0.360 e. The predicted octanol–water partition coefficient (Wildman–Crippen LogP) is 1.04. The molecule has 41 heavy (non-hydrogen) atoms. The molecule has 1 aliphatic heterocycles. The number of carbonyl (C=O) groups is 3. The molecule has 0 saturated carbocycles. The number of rotatable bonds is 4. The van der Waals surface area contributed by atoms with E-state index in [1.54, 1.807) is 35.5 Å². The van der Waals surface area contributed by atoms with E-state index in [-0.39, 0.29) is 84.8 Å². The summed E-state index contributed by atoms with van der Waals surface area (Å²) in [6, 6.07) is -0.131. The monoisotopic (exact) mass is 591 g/mol. The zero-order valence-electron chi connectivity index (χ0n) is 24.8. The third-order valence-corrected chi connectivity index (χ3v) is 10.0. The van der Waals surface area contributed by atoms with Gasteiger partial charge in [-0.2, -0.15) is 9.40 Å². The van der Waals surface area contributed by atoms with Gasteiger partial charge in [0.05, 0.1) is 6.54 Å². The number of nitrogens with one attached hydrogen (secondary N) is 1. The van der Waals surface area contributed by atoms with Crippen molar-refractivity contribution >= 4 is 27.7 Å². The topological polar surface area (TPSA) is 151 Å². The summed E-state index contributed by atoms with van der Waals surface area (Å²) >= 11 is 0. The lowest BCUT2D eigenvalue weighted by molar-refractivity contribution is -0.141. The average Bonchev–Trinajstić information content (AvgIpc) is 3.43. The van der Waals surface area contributed by atoms with Gasteiger partial charge in [-0.25, -0.2) is 8.42 Å². The Kier molecular flexibility index (Phi) is 9.22. The molecular formula is C27H41N7O6S. The highest BCUT2D eigenvalue weighted by Crippen LogP contribution is 2.27. The number of aromatic nitrogens is 3. The van der Waals surface area contributed by atoms with Gasteiger partial charge in [0.15, 0.2) is 11.5 Å². The van der Waals surface area contributed by atoms with Crippen LogP contribution in [-0.2, 0) is 39.5 Å². The molecule has 2 bridgehead atoms. The Morgan fingerprint density at radius 1 is 1.07 bits per heavy atom. The minimum atomic E-state index is -4.03. The number of aryl methyl sites for hydroxylation is 3. The van der Waals surface area contributed by atoms with Gasteiger partial charge in [-0.1, -0.05) is 19.0 Å². The fourth-order valence-corrected chi connectivity index (χ4v) is 7.49. The first-order valence-corrected chi connectivity index (χ1v) is 15.5. The second kappa shape index (κ2) is 12.3. The molecule has 4 rings (SSSR count). The van der Waals surface area contributed by atoms with Crippen molar-refractivity contribution in [3.8, 4) is 0 Å². The highest BCUT2D eigenvalue weighted by molar-refractivity contribution is 7.89. The lowest BCUT2D eigenvalue weighted by Gasteiger charge is -2.34. The summed E-state index contributed by atoms with van der Waals surface area (Å²) in [5.41, 5.74) is 2.27. The maximum atomic E-state index is 13.7. The van der Waals surface area contributed by atoms with Crippen LogP contribution in [0.2, 0.25) is 0 Å². The number of hydrogen-bond acceptors (Lipinski definition) is 8. The van der Waals surface area contributed by atoms with Crippen molar-refractivity contribution in [1.82, 2.24) is 34.4 Å². The average molecular weight is 592 g/mol. The molecule has 0 aromatic carbocycles. The maximum absolute atomic E-state index is 13.7. The summed E-state index contributed by atoms with van der Waals surface area (Å²) in [7, 11) is -0.485. The van der Waals surface area contributed by atoms with E-state index in [1.165, 1.54) is 11.2 Å². The second-order valence-corrected chi connectivity index (χ2v) is 13.3. The Morgan fingerprint density at radius 2 is 1.80 bits per heavy atom. The number of hydrogen-bond donors (Lipinski definition) is 1. The van der Waals surface area contributed by atoms with Gasteiger partial charge in [-0.3, -0.25) is 19.1 Å². The smallest absolute Gasteiger partial charge is 0.272 e. The normalized spacial score (nSPS) is 20.5. The van der Waals surface area contributed by atoms with Crippen molar-refractivity contribution in [3.05, 3.63) is 28.4 Å². The van der Waals surface area contributed by atoms with E-state index in [9.17, 15) is 22.8 Å². The van der Waals surface area contributed by atoms with Gasteiger partial charge in [-0.05, 0) is 45.4 Å². The minimum Gasteiger partial charge on any atom is -0.360 e. The molecule has 0 fully saturated rings. The SMILES string of the molecule is Cc1noc(C)c1S(=O)(=O)N1CCCC(=O)N(CC(C)C)CC(=O)N(C)C2CCc3c(c(nn3C)C(=O)NCC1)C2. The van der Waals surface area contributed by atoms with E-state index >= 15 is 0 Å². The molecule has 3 heterocycles. The van der Waals surface area contributed by atoms with E-state index in [0.29, 0.717) is 19.4 Å². The Balaban J connectivity index is 1.67. The van der Waals surface area contributed by atoms with Gasteiger partial charge >= 0.3 is 0 Å². The van der Waals surface area contributed by atoms with Crippen molar-refractivity contribution in [2.24, 2.45) is 13.0 Å². The molecule has 0 spiro atoms. The predicted molar refractivity (Wildman–Crippen MR) is 150 cm³/mol. The van der Waals surface area contributed by atoms with E-state index in [4.69, 9.17) is 4.52 Å². The zero-order chi connectivity index (χ0) is 30.1. The van der Waals surface area contributed by atoms with Gasteiger partial charge in [0.1, 0.15) is 10.6 Å². The molecule has 0 radical (unpaired) electrons. The Morgan fingerprint density at radius 3 is 2.46 bits per heavy atom. The van der Waals surface area contributed by atoms with E-state index in [1.807, 2.05) is 13.8 Å². The molecule has 14 heteroatoms. The highest BCUT2D eigenvalue weighted by atomic mass is 32.2. The minimum absolute atomic E-state index is 0.0130. The molecule has 2 aliphatic rings. The van der Waals surface area contributed by atoms with Crippen molar-refractivity contribution in [2.75, 3.05) is 39.8 Å². The molecule has 3 amide bonds. The summed E-state index contributed by atoms with van der Waals surface area (Å²) < 4.78 is 35.4. The molecule has 1 atom stereocenters. The number of sulfonamides is 1. The molecule has 0 saturated heterocycles. The molecular weight excluding hydrogens is 550 g/mol. The van der Waals surface area contributed by atoms with Gasteiger partial charge in [0.25, 0.3) is 5.91 Å². The van der Waals surface area contributed by atoms with Gasteiger partial charge in [0, 0.05) is 64.0 Å². The van der Waals surface area contributed by atoms with Crippen LogP contribution in [0.1, 0.15) is 66.3 Å². The van der Waals surface area contributed by atoms with Gasteiger partial charge in [0.2, 0.25) is 21.8 Å². The second-order valence-electron chi connectivity index (χ2n) is 11.4. The lowest BCUT2D eigenvalue weighted by atomic mass is 9.90. The van der Waals surface area contributed by atoms with Crippen molar-refractivity contribution in [3.63, 3.8) is 0 Å². The molecule has 226 valence electrons. The van der Waals surface area contributed by atoms with Crippen LogP contribution in [0.3, 0.4) is 0 Å². The van der Waals surface area contributed by atoms with Gasteiger partial charge < -0.3 is 19.6 Å². The van der Waals surface area contributed by atoms with Gasteiger partial charge in [-0.15, -0.1) is 0 Å². The fourth-order valence-electron chi connectivity index (χ4n) is 5.72. The third kappa shape index (κ3) is 6.48. The maximum Gasteiger partial charge on any atom is 0.272 e. The Bertz CT molecular complexity index is 1390. The lowest BCUT2D eigenvalue weighted by Crippen LogP contribution is -2.47. The Labute approximate surface area is 241 Å². The van der Waals surface area contributed by atoms with E-state index in [2.05, 4.69) is 15.6 Å². The first-order chi connectivity index (χ1) is 19.3. The van der Waals surface area contributed by atoms with Crippen LogP contribution in [-0.4, -0.2) is 101 Å². The molecule has 1 unspecified atom stereocenters. The van der Waals surface area contributed by atoms with Crippen LogP contribution in [0.15, 0.2) is 9.42 Å². The summed E-state index contributed by atoms with van der Waals surface area (Å²) in [6.07, 6.45) is 2.17. The quantitative estimate of drug-likeness (QED) is 0.554. The number of likely N-dealkylation sites (N-methyl/N-ethyl adjacent to an activating group) is 1. The summed E-state index contributed by atoms with van der Waals surface area (Å²) in [6.45, 7) is 7.49. The van der Waals surface area contributed by atoms with Crippen molar-refractivity contribution < 1.29 is 27.3 Å². The number of fused-ring (bicyclic) bond motifs is 1. The fraction of sp³-hybridized carbons (Fsp3) is 0.667. The van der Waals surface area contributed by atoms with Crippen LogP contribution in [0.25, 0.3) is 0 Å². The van der Waals surface area contributed by atoms with Crippen LogP contribution in [0.4, 0.5) is 0 Å². The molecule has 2 aromatic rings. The molecule has 2 aromatic heterocycles. The van der Waals surface area contributed by atoms with E-state index < -0.39 is 15.9 Å². The molecule has 1 aliphatic carbocycles. The Hall–Kier alpha value is -3.26. The third-order valence-electron chi connectivity index (χ3n) is 7.86. The molecule has 1 N–H and O–H groups in total. The van der Waals surface area contributed by atoms with Crippen LogP contribution < -0.4 is 5.32 Å². The first-order valence-electron chi connectivity index (χ1n) is 14.1. The summed E-state index contributed by atoms with van der Waals surface area (Å²) in [5, 5.41) is 11.1. The first kappa shape index (κ1) is 30.7. The molecule has 13 nitrogen and oxygen atoms in total. The standard InChI is InChI=1S/C27H41N7O6S/c1-17(2)15-33-16-24(36)31(5)20-9-10-22-21(14-20)25(29-32(22)6)27(37)28-11-13-34(12-7-8-23(33)35)41(38,39)26-18(3)30-40-19(26)4/h17,20H,7-16H2,1-6H3,(H,28,37). The number of carbonyl (C=O) groups excluding carboxylic acids is 3. The van der Waals surface area contributed by atoms with Crippen LogP contribution in [0.5, 0.6) is 0 Å². The summed E-state index contributed by atoms with van der Waals surface area (Å²) in [5.74, 6) is -0.447. The highest BCUT2D eigenvalue weighted by Gasteiger charge is 2.34. The van der Waals surface area contributed by atoms with Crippen LogP contribution in [0, 0.1) is 19.8 Å². The number of nitrogens with zero attached hydrogens (tertiary/aromatic N) is 6. The number of amides is 3. The zero-order valence-corrected chi connectivity index (χ0v) is 25.6. The van der Waals surface area contributed by atoms with Crippen LogP contribution >= 0.6 is 0 Å². The van der Waals surface area contributed by atoms with Crippen molar-refractivity contribution in [2.45, 2.75) is 70.7 Å². The van der Waals surface area contributed by atoms with Crippen molar-refractivity contribution in [1.29, 1.82) is 0 Å². The summed E-state index contributed by atoms with van der Waals surface area (Å²) in [4.78, 5) is 43.2.